The first kappa shape index (κ1) is 19.8. The zero-order chi connectivity index (χ0) is 21.0. The van der Waals surface area contributed by atoms with Crippen LogP contribution < -0.4 is 5.73 Å². The van der Waals surface area contributed by atoms with Crippen molar-refractivity contribution in [2.75, 3.05) is 12.8 Å². The monoisotopic (exact) mass is 455 g/mol. The number of nitrogens with zero attached hydrogens (tertiary/aromatic N) is 4. The van der Waals surface area contributed by atoms with Crippen LogP contribution in [0.1, 0.15) is 11.8 Å². The number of aliphatic imine (C=N–C) groups is 1. The molecule has 0 bridgehead atoms. The number of thiophene rings is 1. The number of rotatable bonds is 3. The molecule has 1 aromatic carbocycles. The van der Waals surface area contributed by atoms with Crippen molar-refractivity contribution in [1.29, 1.82) is 0 Å². The molecule has 1 unspecified atom stereocenters. The topological polar surface area (TPSA) is 115 Å². The first-order valence-electron chi connectivity index (χ1n) is 8.29. The Hall–Kier alpha value is -2.50. The first-order chi connectivity index (χ1) is 13.6. The third-order valence-corrected chi connectivity index (χ3v) is 8.38. The molecule has 0 radical (unpaired) electrons. The molecular formula is C17H15ClFN5O3S2. The van der Waals surface area contributed by atoms with Gasteiger partial charge in [-0.1, -0.05) is 23.7 Å². The lowest BCUT2D eigenvalue weighted by atomic mass is 10.0. The highest BCUT2D eigenvalue weighted by Crippen LogP contribution is 2.45. The molecule has 0 amide bonds. The summed E-state index contributed by atoms with van der Waals surface area (Å²) >= 11 is 7.57. The minimum Gasteiger partial charge on any atom is -0.423 e. The lowest BCUT2D eigenvalue weighted by molar-refractivity contribution is 0.482. The van der Waals surface area contributed by atoms with Crippen LogP contribution in [0, 0.1) is 5.82 Å². The Morgan fingerprint density at radius 2 is 2.10 bits per heavy atom. The third-order valence-electron chi connectivity index (χ3n) is 4.60. The summed E-state index contributed by atoms with van der Waals surface area (Å²) in [5, 5.41) is 7.59. The zero-order valence-corrected chi connectivity index (χ0v) is 17.6. The van der Waals surface area contributed by atoms with E-state index in [1.54, 1.807) is 25.1 Å². The quantitative estimate of drug-likeness (QED) is 0.649. The highest BCUT2D eigenvalue weighted by atomic mass is 35.5. The van der Waals surface area contributed by atoms with Crippen LogP contribution in [0.3, 0.4) is 0 Å². The van der Waals surface area contributed by atoms with Crippen LogP contribution in [-0.2, 0) is 15.6 Å². The largest absolute Gasteiger partial charge is 0.423 e. The number of sulfonamides is 1. The van der Waals surface area contributed by atoms with Gasteiger partial charge in [-0.05, 0) is 19.1 Å². The Bertz CT molecular complexity index is 1230. The maximum absolute atomic E-state index is 15.1. The molecule has 0 saturated carbocycles. The van der Waals surface area contributed by atoms with Gasteiger partial charge in [0.2, 0.25) is 28.3 Å². The molecule has 0 spiro atoms. The Balaban J connectivity index is 1.82. The van der Waals surface area contributed by atoms with E-state index in [2.05, 4.69) is 15.2 Å². The van der Waals surface area contributed by atoms with E-state index in [0.29, 0.717) is 9.75 Å². The third kappa shape index (κ3) is 3.28. The molecule has 1 aliphatic heterocycles. The van der Waals surface area contributed by atoms with Crippen LogP contribution in [0.25, 0.3) is 21.9 Å². The minimum absolute atomic E-state index is 0.0537. The molecule has 2 N–H and O–H groups in total. The van der Waals surface area contributed by atoms with Gasteiger partial charge in [-0.3, -0.25) is 0 Å². The number of hydrogen-bond donors (Lipinski definition) is 1. The molecule has 3 aromatic rings. The predicted octanol–water partition coefficient (Wildman–Crippen LogP) is 3.06. The number of benzene rings is 1. The zero-order valence-electron chi connectivity index (χ0n) is 15.3. The van der Waals surface area contributed by atoms with E-state index in [1.807, 2.05) is 0 Å². The Morgan fingerprint density at radius 3 is 2.76 bits per heavy atom. The van der Waals surface area contributed by atoms with Crippen molar-refractivity contribution in [2.24, 2.45) is 10.7 Å². The van der Waals surface area contributed by atoms with Gasteiger partial charge in [0.25, 0.3) is 0 Å². The van der Waals surface area contributed by atoms with Crippen molar-refractivity contribution in [2.45, 2.75) is 12.5 Å². The summed E-state index contributed by atoms with van der Waals surface area (Å²) in [4.78, 5) is 5.34. The van der Waals surface area contributed by atoms with Crippen LogP contribution >= 0.6 is 22.9 Å². The molecule has 29 heavy (non-hydrogen) atoms. The van der Waals surface area contributed by atoms with Gasteiger partial charge in [0.15, 0.2) is 0 Å². The van der Waals surface area contributed by atoms with Gasteiger partial charge >= 0.3 is 0 Å². The summed E-state index contributed by atoms with van der Waals surface area (Å²) in [7, 11) is -2.32. The maximum Gasteiger partial charge on any atom is 0.250 e. The van der Waals surface area contributed by atoms with Crippen LogP contribution in [0.2, 0.25) is 5.02 Å². The molecule has 8 nitrogen and oxygen atoms in total. The molecular weight excluding hydrogens is 441 g/mol. The smallest absolute Gasteiger partial charge is 0.250 e. The summed E-state index contributed by atoms with van der Waals surface area (Å²) < 4.78 is 46.0. The van der Waals surface area contributed by atoms with Crippen molar-refractivity contribution in [1.82, 2.24) is 14.5 Å². The van der Waals surface area contributed by atoms with E-state index in [9.17, 15) is 8.42 Å². The fourth-order valence-electron chi connectivity index (χ4n) is 3.11. The maximum atomic E-state index is 15.1. The second-order valence-electron chi connectivity index (χ2n) is 6.67. The Morgan fingerprint density at radius 1 is 1.38 bits per heavy atom. The van der Waals surface area contributed by atoms with Crippen LogP contribution in [0.4, 0.5) is 4.39 Å². The van der Waals surface area contributed by atoms with E-state index in [0.717, 1.165) is 22.0 Å². The van der Waals surface area contributed by atoms with Crippen molar-refractivity contribution in [3.63, 3.8) is 0 Å². The lowest BCUT2D eigenvalue weighted by Gasteiger charge is -2.33. The molecule has 4 rings (SSSR count). The second kappa shape index (κ2) is 6.78. The molecule has 152 valence electrons. The van der Waals surface area contributed by atoms with Crippen LogP contribution in [0.5, 0.6) is 0 Å². The van der Waals surface area contributed by atoms with Gasteiger partial charge in [0.1, 0.15) is 11.4 Å². The summed E-state index contributed by atoms with van der Waals surface area (Å²) in [6.45, 7) is 1.64. The number of guanidine groups is 1. The average molecular weight is 456 g/mol. The van der Waals surface area contributed by atoms with E-state index < -0.39 is 21.4 Å². The molecule has 2 aromatic heterocycles. The minimum atomic E-state index is -3.66. The molecule has 0 fully saturated rings. The summed E-state index contributed by atoms with van der Waals surface area (Å²) in [6, 6.07) is 6.35. The summed E-state index contributed by atoms with van der Waals surface area (Å²) in [6.07, 6.45) is 1.12. The number of aromatic nitrogens is 2. The van der Waals surface area contributed by atoms with Gasteiger partial charge < -0.3 is 10.2 Å². The lowest BCUT2D eigenvalue weighted by Crippen LogP contribution is -2.50. The van der Waals surface area contributed by atoms with Gasteiger partial charge in [-0.15, -0.1) is 21.5 Å². The van der Waals surface area contributed by atoms with Crippen molar-refractivity contribution in [3.8, 4) is 21.9 Å². The van der Waals surface area contributed by atoms with Gasteiger partial charge in [0.05, 0.1) is 21.2 Å². The van der Waals surface area contributed by atoms with Crippen molar-refractivity contribution in [3.05, 3.63) is 46.4 Å². The second-order valence-corrected chi connectivity index (χ2v) is 10.1. The Labute approximate surface area is 174 Å². The normalized spacial score (nSPS) is 21.2. The fourth-order valence-corrected chi connectivity index (χ4v) is 6.29. The van der Waals surface area contributed by atoms with E-state index >= 15 is 4.39 Å². The van der Waals surface area contributed by atoms with E-state index in [-0.39, 0.29) is 33.8 Å². The SMILES string of the molecule is CN1C(N)=NC(C)(c2sc(-c3cccc(-c4nnco4)c3F)cc2Cl)CS1(=O)=O. The van der Waals surface area contributed by atoms with Gasteiger partial charge in [-0.2, -0.15) is 0 Å². The molecule has 1 aliphatic rings. The highest BCUT2D eigenvalue weighted by molar-refractivity contribution is 7.89. The fraction of sp³-hybridized carbons (Fsp3) is 0.235. The van der Waals surface area contributed by atoms with Crippen LogP contribution in [0.15, 0.2) is 40.1 Å². The molecule has 0 saturated heterocycles. The molecule has 1 atom stereocenters. The van der Waals surface area contributed by atoms with Gasteiger partial charge in [0, 0.05) is 17.5 Å². The van der Waals surface area contributed by atoms with Gasteiger partial charge in [-0.25, -0.2) is 22.1 Å². The molecule has 3 heterocycles. The van der Waals surface area contributed by atoms with E-state index in [1.165, 1.54) is 13.1 Å². The summed E-state index contributed by atoms with van der Waals surface area (Å²) in [5.74, 6) is -0.931. The number of halogens is 2. The number of hydrogen-bond acceptors (Lipinski definition) is 8. The highest BCUT2D eigenvalue weighted by Gasteiger charge is 2.42. The molecule has 12 heteroatoms. The van der Waals surface area contributed by atoms with Crippen molar-refractivity contribution >= 4 is 38.9 Å². The van der Waals surface area contributed by atoms with Crippen LogP contribution in [-0.4, -0.2) is 41.7 Å². The summed E-state index contributed by atoms with van der Waals surface area (Å²) in [5.41, 5.74) is 5.05. The first-order valence-corrected chi connectivity index (χ1v) is 11.1. The van der Waals surface area contributed by atoms with E-state index in [4.69, 9.17) is 21.8 Å². The standard InChI is InChI=1S/C17H15ClFN5O3S2/c1-17(7-29(25,26)24(2)16(20)22-17)14-11(18)6-12(28-14)9-4-3-5-10(13(9)19)15-23-21-8-27-15/h3-6,8H,7H2,1-2H3,(H2,20,22). The molecule has 0 aliphatic carbocycles. The average Bonchev–Trinajstić information content (AvgIpc) is 3.29. The Kier molecular flexibility index (Phi) is 4.63. The predicted molar refractivity (Wildman–Crippen MR) is 109 cm³/mol. The van der Waals surface area contributed by atoms with Crippen molar-refractivity contribution < 1.29 is 17.2 Å². The number of nitrogens with two attached hydrogens (primary N) is 1.